The monoisotopic (exact) mass is 372 g/mol. The molecule has 3 rings (SSSR count). The third-order valence-electron chi connectivity index (χ3n) is 4.36. The van der Waals surface area contributed by atoms with Gasteiger partial charge in [-0.2, -0.15) is 5.26 Å². The Balaban J connectivity index is 2.19. The van der Waals surface area contributed by atoms with Crippen molar-refractivity contribution in [3.63, 3.8) is 0 Å². The number of benzene rings is 1. The lowest BCUT2D eigenvalue weighted by atomic mass is 10.0. The van der Waals surface area contributed by atoms with Gasteiger partial charge in [-0.05, 0) is 44.5 Å². The molecule has 0 aliphatic rings. The van der Waals surface area contributed by atoms with Crippen molar-refractivity contribution in [1.82, 2.24) is 4.40 Å². The van der Waals surface area contributed by atoms with Crippen molar-refractivity contribution < 1.29 is 14.3 Å². The number of ketones is 1. The van der Waals surface area contributed by atoms with Gasteiger partial charge in [-0.15, -0.1) is 0 Å². The summed E-state index contributed by atoms with van der Waals surface area (Å²) in [5.74, 6) is -0.801. The standard InChI is InChI=1S/C23H20N2O3/c1-15(2)28-23(27)18(14-24)13-19-16(3)21(25-12-8-7-11-20(19)25)22(26)17-9-5-4-6-10-17/h4-13,15H,1-3H3/b18-13+. The zero-order chi connectivity index (χ0) is 20.3. The van der Waals surface area contributed by atoms with Gasteiger partial charge in [-0.3, -0.25) is 4.79 Å². The van der Waals surface area contributed by atoms with Gasteiger partial charge in [0, 0.05) is 17.3 Å². The number of aromatic nitrogens is 1. The number of carbonyl (C=O) groups is 2. The van der Waals surface area contributed by atoms with Crippen LogP contribution in [0, 0.1) is 18.3 Å². The van der Waals surface area contributed by atoms with Gasteiger partial charge in [0.15, 0.2) is 0 Å². The van der Waals surface area contributed by atoms with E-state index in [4.69, 9.17) is 4.74 Å². The Hall–Kier alpha value is -3.65. The lowest BCUT2D eigenvalue weighted by molar-refractivity contribution is -0.142. The molecule has 5 heteroatoms. The molecule has 0 atom stereocenters. The van der Waals surface area contributed by atoms with Gasteiger partial charge >= 0.3 is 5.97 Å². The van der Waals surface area contributed by atoms with Crippen LogP contribution in [0.5, 0.6) is 0 Å². The van der Waals surface area contributed by atoms with Gasteiger partial charge in [0.2, 0.25) is 5.78 Å². The average molecular weight is 372 g/mol. The summed E-state index contributed by atoms with van der Waals surface area (Å²) in [7, 11) is 0. The van der Waals surface area contributed by atoms with Crippen LogP contribution in [0.15, 0.2) is 60.3 Å². The van der Waals surface area contributed by atoms with E-state index < -0.39 is 5.97 Å². The predicted molar refractivity (Wildman–Crippen MR) is 107 cm³/mol. The first-order valence-corrected chi connectivity index (χ1v) is 8.96. The average Bonchev–Trinajstić information content (AvgIpc) is 2.97. The van der Waals surface area contributed by atoms with Crippen molar-refractivity contribution in [2.24, 2.45) is 0 Å². The molecule has 0 saturated heterocycles. The Morgan fingerprint density at radius 2 is 1.79 bits per heavy atom. The second kappa shape index (κ2) is 7.93. The molecule has 140 valence electrons. The molecule has 0 radical (unpaired) electrons. The van der Waals surface area contributed by atoms with Crippen molar-refractivity contribution in [3.8, 4) is 6.07 Å². The SMILES string of the molecule is Cc1c(/C=C(\C#N)C(=O)OC(C)C)c2ccccn2c1C(=O)c1ccccc1. The minimum Gasteiger partial charge on any atom is -0.459 e. The highest BCUT2D eigenvalue weighted by Gasteiger charge is 2.22. The Labute approximate surface area is 163 Å². The lowest BCUT2D eigenvalue weighted by Gasteiger charge is -2.06. The number of nitrogens with zero attached hydrogens (tertiary/aromatic N) is 2. The topological polar surface area (TPSA) is 71.6 Å². The van der Waals surface area contributed by atoms with Crippen molar-refractivity contribution >= 4 is 23.3 Å². The fourth-order valence-corrected chi connectivity index (χ4v) is 3.10. The molecule has 0 saturated carbocycles. The maximum absolute atomic E-state index is 13.1. The molecular formula is C23H20N2O3. The summed E-state index contributed by atoms with van der Waals surface area (Å²) in [4.78, 5) is 25.3. The number of pyridine rings is 1. The Bertz CT molecular complexity index is 1120. The molecule has 3 aromatic rings. The Morgan fingerprint density at radius 3 is 2.43 bits per heavy atom. The predicted octanol–water partition coefficient (Wildman–Crippen LogP) is 4.34. The van der Waals surface area contributed by atoms with Crippen LogP contribution < -0.4 is 0 Å². The molecule has 1 aromatic carbocycles. The van der Waals surface area contributed by atoms with Crippen LogP contribution >= 0.6 is 0 Å². The molecule has 0 bridgehead atoms. The summed E-state index contributed by atoms with van der Waals surface area (Å²) in [6.45, 7) is 5.27. The third-order valence-corrected chi connectivity index (χ3v) is 4.36. The van der Waals surface area contributed by atoms with E-state index in [2.05, 4.69) is 0 Å². The van der Waals surface area contributed by atoms with Crippen LogP contribution in [-0.2, 0) is 9.53 Å². The van der Waals surface area contributed by atoms with E-state index in [0.717, 1.165) is 5.52 Å². The highest BCUT2D eigenvalue weighted by molar-refractivity contribution is 6.11. The van der Waals surface area contributed by atoms with Crippen LogP contribution in [0.4, 0.5) is 0 Å². The van der Waals surface area contributed by atoms with Gasteiger partial charge in [-0.25, -0.2) is 4.79 Å². The van der Waals surface area contributed by atoms with Crippen LogP contribution in [-0.4, -0.2) is 22.3 Å². The van der Waals surface area contributed by atoms with Gasteiger partial charge in [0.1, 0.15) is 11.6 Å². The van der Waals surface area contributed by atoms with Crippen LogP contribution in [0.25, 0.3) is 11.6 Å². The van der Waals surface area contributed by atoms with E-state index in [1.807, 2.05) is 49.4 Å². The highest BCUT2D eigenvalue weighted by Crippen LogP contribution is 2.27. The number of esters is 1. The molecule has 28 heavy (non-hydrogen) atoms. The zero-order valence-corrected chi connectivity index (χ0v) is 16.0. The van der Waals surface area contributed by atoms with E-state index in [9.17, 15) is 14.9 Å². The summed E-state index contributed by atoms with van der Waals surface area (Å²) in [6.07, 6.45) is 2.97. The van der Waals surface area contributed by atoms with Gasteiger partial charge < -0.3 is 9.14 Å². The second-order valence-corrected chi connectivity index (χ2v) is 6.66. The maximum Gasteiger partial charge on any atom is 0.349 e. The van der Waals surface area contributed by atoms with Crippen LogP contribution in [0.1, 0.15) is 41.0 Å². The second-order valence-electron chi connectivity index (χ2n) is 6.66. The van der Waals surface area contributed by atoms with Crippen LogP contribution in [0.2, 0.25) is 0 Å². The van der Waals surface area contributed by atoms with E-state index in [1.54, 1.807) is 36.6 Å². The Kier molecular flexibility index (Phi) is 5.42. The normalized spacial score (nSPS) is 11.5. The van der Waals surface area contributed by atoms with E-state index in [1.165, 1.54) is 6.08 Å². The fraction of sp³-hybridized carbons (Fsp3) is 0.174. The highest BCUT2D eigenvalue weighted by atomic mass is 16.5. The van der Waals surface area contributed by atoms with Crippen molar-refractivity contribution in [3.05, 3.63) is 82.7 Å². The number of rotatable bonds is 5. The van der Waals surface area contributed by atoms with Crippen molar-refractivity contribution in [1.29, 1.82) is 5.26 Å². The molecule has 2 aromatic heterocycles. The number of hydrogen-bond acceptors (Lipinski definition) is 4. The minimum atomic E-state index is -0.678. The first-order chi connectivity index (χ1) is 13.4. The van der Waals surface area contributed by atoms with Gasteiger partial charge in [0.05, 0.1) is 17.3 Å². The quantitative estimate of drug-likeness (QED) is 0.289. The number of nitriles is 1. The molecule has 2 heterocycles. The van der Waals surface area contributed by atoms with Crippen molar-refractivity contribution in [2.45, 2.75) is 26.9 Å². The molecule has 0 aliphatic carbocycles. The van der Waals surface area contributed by atoms with E-state index in [-0.39, 0.29) is 17.5 Å². The number of carbonyl (C=O) groups excluding carboxylic acids is 2. The first kappa shape index (κ1) is 19.1. The van der Waals surface area contributed by atoms with Crippen molar-refractivity contribution in [2.75, 3.05) is 0 Å². The molecule has 0 fully saturated rings. The summed E-state index contributed by atoms with van der Waals surface area (Å²) in [6, 6.07) is 16.5. The van der Waals surface area contributed by atoms with Gasteiger partial charge in [-0.1, -0.05) is 36.4 Å². The first-order valence-electron chi connectivity index (χ1n) is 8.96. The molecule has 0 amide bonds. The van der Waals surface area contributed by atoms with Crippen LogP contribution in [0.3, 0.4) is 0 Å². The van der Waals surface area contributed by atoms with Gasteiger partial charge in [0.25, 0.3) is 0 Å². The zero-order valence-electron chi connectivity index (χ0n) is 16.0. The molecule has 0 aliphatic heterocycles. The number of hydrogen-bond donors (Lipinski definition) is 0. The smallest absolute Gasteiger partial charge is 0.349 e. The summed E-state index contributed by atoms with van der Waals surface area (Å²) in [5.41, 5.74) is 3.06. The molecular weight excluding hydrogens is 352 g/mol. The summed E-state index contributed by atoms with van der Waals surface area (Å²) in [5, 5.41) is 9.43. The summed E-state index contributed by atoms with van der Waals surface area (Å²) < 4.78 is 6.94. The Morgan fingerprint density at radius 1 is 1.11 bits per heavy atom. The minimum absolute atomic E-state index is 0.105. The largest absolute Gasteiger partial charge is 0.459 e. The maximum atomic E-state index is 13.1. The molecule has 0 N–H and O–H groups in total. The van der Waals surface area contributed by atoms with E-state index >= 15 is 0 Å². The summed E-state index contributed by atoms with van der Waals surface area (Å²) >= 11 is 0. The molecule has 5 nitrogen and oxygen atoms in total. The van der Waals surface area contributed by atoms with E-state index in [0.29, 0.717) is 22.4 Å². The third kappa shape index (κ3) is 3.58. The fourth-order valence-electron chi connectivity index (χ4n) is 3.10. The lowest BCUT2D eigenvalue weighted by Crippen LogP contribution is -2.12. The number of ether oxygens (including phenoxy) is 1. The number of fused-ring (bicyclic) bond motifs is 1. The molecule has 0 unspecified atom stereocenters. The molecule has 0 spiro atoms.